The van der Waals surface area contributed by atoms with Gasteiger partial charge in [-0.1, -0.05) is 13.8 Å². The highest BCUT2D eigenvalue weighted by Crippen LogP contribution is 2.02. The van der Waals surface area contributed by atoms with E-state index in [2.05, 4.69) is 4.74 Å². The minimum absolute atomic E-state index is 0.337. The van der Waals surface area contributed by atoms with Gasteiger partial charge in [0.2, 0.25) is 0 Å². The van der Waals surface area contributed by atoms with Crippen LogP contribution < -0.4 is 0 Å². The first-order valence-electron chi connectivity index (χ1n) is 3.02. The van der Waals surface area contributed by atoms with Gasteiger partial charge in [-0.05, 0) is 6.42 Å². The Morgan fingerprint density at radius 3 is 2.40 bits per heavy atom. The van der Waals surface area contributed by atoms with E-state index < -0.39 is 12.1 Å². The predicted octanol–water partition coefficient (Wildman–Crippen LogP) is 1.25. The van der Waals surface area contributed by atoms with Crippen molar-refractivity contribution in [2.45, 2.75) is 20.3 Å². The van der Waals surface area contributed by atoms with E-state index >= 15 is 0 Å². The second kappa shape index (κ2) is 3.87. The van der Waals surface area contributed by atoms with Crippen molar-refractivity contribution in [3.63, 3.8) is 0 Å². The molecule has 0 radical (unpaired) electrons. The molecule has 0 spiro atoms. The molecule has 0 aliphatic rings. The fraction of sp³-hybridized carbons (Fsp3) is 0.667. The van der Waals surface area contributed by atoms with Crippen LogP contribution in [0.25, 0.3) is 0 Å². The van der Waals surface area contributed by atoms with Crippen LogP contribution in [-0.2, 0) is 9.53 Å². The Balaban J connectivity index is 3.73. The van der Waals surface area contributed by atoms with Crippen molar-refractivity contribution in [2.24, 2.45) is 5.92 Å². The highest BCUT2D eigenvalue weighted by molar-refractivity contribution is 5.82. The number of esters is 1. The van der Waals surface area contributed by atoms with Gasteiger partial charge < -0.3 is 9.84 Å². The van der Waals surface area contributed by atoms with E-state index in [-0.39, 0.29) is 5.92 Å². The van der Waals surface area contributed by atoms with Crippen molar-refractivity contribution in [3.8, 4) is 0 Å². The third kappa shape index (κ3) is 3.06. The zero-order valence-electron chi connectivity index (χ0n) is 5.96. The van der Waals surface area contributed by atoms with Crippen LogP contribution in [-0.4, -0.2) is 17.2 Å². The Morgan fingerprint density at radius 2 is 2.10 bits per heavy atom. The molecule has 0 aliphatic heterocycles. The molecule has 1 unspecified atom stereocenters. The van der Waals surface area contributed by atoms with Crippen molar-refractivity contribution in [2.75, 3.05) is 0 Å². The van der Waals surface area contributed by atoms with Crippen LogP contribution >= 0.6 is 0 Å². The first kappa shape index (κ1) is 8.94. The van der Waals surface area contributed by atoms with Gasteiger partial charge in [-0.3, -0.25) is 4.79 Å². The summed E-state index contributed by atoms with van der Waals surface area (Å²) < 4.78 is 3.88. The summed E-state index contributed by atoms with van der Waals surface area (Å²) in [6, 6.07) is 0. The molecule has 4 heteroatoms. The van der Waals surface area contributed by atoms with E-state index in [9.17, 15) is 9.59 Å². The van der Waals surface area contributed by atoms with Gasteiger partial charge >= 0.3 is 12.1 Å². The molecule has 0 aliphatic carbocycles. The van der Waals surface area contributed by atoms with E-state index in [0.29, 0.717) is 6.42 Å². The third-order valence-corrected chi connectivity index (χ3v) is 1.20. The molecule has 0 saturated carbocycles. The number of hydrogen-bond acceptors (Lipinski definition) is 3. The van der Waals surface area contributed by atoms with Crippen molar-refractivity contribution < 1.29 is 19.4 Å². The van der Waals surface area contributed by atoms with E-state index in [1.807, 2.05) is 0 Å². The minimum Gasteiger partial charge on any atom is -0.449 e. The summed E-state index contributed by atoms with van der Waals surface area (Å²) in [7, 11) is 0. The molecule has 4 nitrogen and oxygen atoms in total. The minimum atomic E-state index is -1.54. The molecule has 0 rings (SSSR count). The fourth-order valence-corrected chi connectivity index (χ4v) is 0.353. The van der Waals surface area contributed by atoms with Crippen LogP contribution in [0.2, 0.25) is 0 Å². The Kier molecular flexibility index (Phi) is 3.46. The molecule has 1 atom stereocenters. The average Bonchev–Trinajstić information content (AvgIpc) is 1.85. The van der Waals surface area contributed by atoms with Gasteiger partial charge in [0.05, 0.1) is 5.92 Å². The van der Waals surface area contributed by atoms with Gasteiger partial charge in [0.15, 0.2) is 0 Å². The molecular formula is C6H10O4. The molecule has 0 aromatic rings. The molecule has 0 bridgehead atoms. The highest BCUT2D eigenvalue weighted by Gasteiger charge is 2.14. The van der Waals surface area contributed by atoms with E-state index in [4.69, 9.17) is 5.11 Å². The van der Waals surface area contributed by atoms with Gasteiger partial charge in [0.1, 0.15) is 0 Å². The molecule has 58 valence electrons. The molecule has 0 fully saturated rings. The zero-order valence-corrected chi connectivity index (χ0v) is 5.96. The number of rotatable bonds is 2. The molecular weight excluding hydrogens is 136 g/mol. The van der Waals surface area contributed by atoms with Crippen molar-refractivity contribution in [3.05, 3.63) is 0 Å². The van der Waals surface area contributed by atoms with Gasteiger partial charge in [0.25, 0.3) is 0 Å². The maximum absolute atomic E-state index is 10.6. The lowest BCUT2D eigenvalue weighted by atomic mass is 10.1. The number of carbonyl (C=O) groups is 2. The Morgan fingerprint density at radius 1 is 1.60 bits per heavy atom. The number of carboxylic acid groups (broad SMARTS) is 1. The molecule has 1 N–H and O–H groups in total. The maximum Gasteiger partial charge on any atom is 0.513 e. The fourth-order valence-electron chi connectivity index (χ4n) is 0.353. The summed E-state index contributed by atoms with van der Waals surface area (Å²) in [4.78, 5) is 20.4. The predicted molar refractivity (Wildman–Crippen MR) is 33.6 cm³/mol. The first-order chi connectivity index (χ1) is 4.57. The molecule has 0 heterocycles. The summed E-state index contributed by atoms with van der Waals surface area (Å²) in [6.45, 7) is 3.40. The van der Waals surface area contributed by atoms with Crippen molar-refractivity contribution in [1.82, 2.24) is 0 Å². The first-order valence-corrected chi connectivity index (χ1v) is 3.02. The Labute approximate surface area is 58.8 Å². The van der Waals surface area contributed by atoms with Crippen LogP contribution in [0.1, 0.15) is 20.3 Å². The largest absolute Gasteiger partial charge is 0.513 e. The summed E-state index contributed by atoms with van der Waals surface area (Å²) in [5, 5.41) is 7.99. The molecule has 0 aromatic carbocycles. The lowest BCUT2D eigenvalue weighted by molar-refractivity contribution is -0.143. The van der Waals surface area contributed by atoms with Crippen LogP contribution in [0.15, 0.2) is 0 Å². The SMILES string of the molecule is CCC(C)C(=O)OC(=O)O. The second-order valence-electron chi connectivity index (χ2n) is 2.00. The lowest BCUT2D eigenvalue weighted by Gasteiger charge is -2.03. The van der Waals surface area contributed by atoms with Gasteiger partial charge in [0, 0.05) is 0 Å². The van der Waals surface area contributed by atoms with Crippen molar-refractivity contribution >= 4 is 12.1 Å². The van der Waals surface area contributed by atoms with Crippen LogP contribution in [0.5, 0.6) is 0 Å². The van der Waals surface area contributed by atoms with Gasteiger partial charge in [-0.15, -0.1) is 0 Å². The quantitative estimate of drug-likeness (QED) is 0.470. The van der Waals surface area contributed by atoms with Gasteiger partial charge in [-0.25, -0.2) is 4.79 Å². The van der Waals surface area contributed by atoms with E-state index in [1.165, 1.54) is 0 Å². The summed E-state index contributed by atoms with van der Waals surface area (Å²) in [5.74, 6) is -1.02. The summed E-state index contributed by atoms with van der Waals surface area (Å²) in [6.07, 6.45) is -0.947. The Hall–Kier alpha value is -1.06. The maximum atomic E-state index is 10.6. The second-order valence-corrected chi connectivity index (χ2v) is 2.00. The topological polar surface area (TPSA) is 63.6 Å². The monoisotopic (exact) mass is 146 g/mol. The molecule has 0 aromatic heterocycles. The van der Waals surface area contributed by atoms with E-state index in [0.717, 1.165) is 0 Å². The highest BCUT2D eigenvalue weighted by atomic mass is 16.7. The summed E-state index contributed by atoms with van der Waals surface area (Å²) in [5.41, 5.74) is 0. The third-order valence-electron chi connectivity index (χ3n) is 1.20. The van der Waals surface area contributed by atoms with Crippen molar-refractivity contribution in [1.29, 1.82) is 0 Å². The number of carbonyl (C=O) groups excluding carboxylic acids is 1. The smallest absolute Gasteiger partial charge is 0.449 e. The molecule has 0 saturated heterocycles. The van der Waals surface area contributed by atoms with Crippen LogP contribution in [0.4, 0.5) is 4.79 Å². The average molecular weight is 146 g/mol. The standard InChI is InChI=1S/C6H10O4/c1-3-4(2)5(7)10-6(8)9/h4H,3H2,1-2H3,(H,8,9). The Bertz CT molecular complexity index is 141. The van der Waals surface area contributed by atoms with E-state index in [1.54, 1.807) is 13.8 Å². The molecule has 10 heavy (non-hydrogen) atoms. The summed E-state index contributed by atoms with van der Waals surface area (Å²) >= 11 is 0. The molecule has 0 amide bonds. The normalized spacial score (nSPS) is 12.2. The zero-order chi connectivity index (χ0) is 8.15. The lowest BCUT2D eigenvalue weighted by Crippen LogP contribution is -2.16. The van der Waals surface area contributed by atoms with Crippen LogP contribution in [0, 0.1) is 5.92 Å². The number of hydrogen-bond donors (Lipinski definition) is 1. The number of ether oxygens (including phenoxy) is 1. The van der Waals surface area contributed by atoms with Crippen LogP contribution in [0.3, 0.4) is 0 Å². The van der Waals surface area contributed by atoms with Gasteiger partial charge in [-0.2, -0.15) is 0 Å².